The Morgan fingerprint density at radius 2 is 1.67 bits per heavy atom. The van der Waals surface area contributed by atoms with E-state index in [1.165, 1.54) is 28.5 Å². The average molecular weight is 615 g/mol. The fraction of sp³-hybridized carbons (Fsp3) is 0.613. The number of fused-ring (bicyclic) bond motifs is 1. The summed E-state index contributed by atoms with van der Waals surface area (Å²) < 4.78 is 1.52. The van der Waals surface area contributed by atoms with Gasteiger partial charge in [-0.15, -0.1) is 12.4 Å². The summed E-state index contributed by atoms with van der Waals surface area (Å²) in [5, 5.41) is 2.73. The molecule has 1 saturated carbocycles. The van der Waals surface area contributed by atoms with Gasteiger partial charge in [-0.2, -0.15) is 4.98 Å². The zero-order valence-corrected chi connectivity index (χ0v) is 26.4. The van der Waals surface area contributed by atoms with E-state index in [9.17, 15) is 14.4 Å². The summed E-state index contributed by atoms with van der Waals surface area (Å²) >= 11 is 0. The Kier molecular flexibility index (Phi) is 10.5. The molecule has 3 amide bonds. The van der Waals surface area contributed by atoms with Gasteiger partial charge in [-0.1, -0.05) is 13.0 Å². The summed E-state index contributed by atoms with van der Waals surface area (Å²) in [4.78, 5) is 48.3. The van der Waals surface area contributed by atoms with Crippen LogP contribution in [0.15, 0.2) is 35.3 Å². The summed E-state index contributed by atoms with van der Waals surface area (Å²) in [7, 11) is 0. The Balaban J connectivity index is 0.00000423. The molecule has 2 aromatic rings. The monoisotopic (exact) mass is 614 g/mol. The summed E-state index contributed by atoms with van der Waals surface area (Å²) in [6, 6.07) is 9.06. The van der Waals surface area contributed by atoms with Crippen LogP contribution in [-0.2, 0) is 17.6 Å². The molecule has 3 aliphatic rings. The number of hydrogen-bond donors (Lipinski definition) is 3. The molecule has 5 rings (SSSR count). The van der Waals surface area contributed by atoms with Crippen molar-refractivity contribution in [1.82, 2.24) is 24.3 Å². The highest BCUT2D eigenvalue weighted by Crippen LogP contribution is 2.31. The van der Waals surface area contributed by atoms with E-state index in [4.69, 9.17) is 11.5 Å². The minimum atomic E-state index is -0.945. The number of halogens is 1. The summed E-state index contributed by atoms with van der Waals surface area (Å²) in [6.45, 7) is 8.26. The summed E-state index contributed by atoms with van der Waals surface area (Å²) in [5.41, 5.74) is 14.1. The minimum Gasteiger partial charge on any atom is -0.338 e. The molecular weight excluding hydrogens is 568 g/mol. The predicted molar refractivity (Wildman–Crippen MR) is 171 cm³/mol. The normalized spacial score (nSPS) is 22.5. The molecule has 1 saturated heterocycles. The lowest BCUT2D eigenvalue weighted by molar-refractivity contribution is -0.137. The number of benzene rings is 1. The highest BCUT2D eigenvalue weighted by molar-refractivity contribution is 5.89. The van der Waals surface area contributed by atoms with E-state index in [0.717, 1.165) is 44.3 Å². The van der Waals surface area contributed by atoms with Crippen molar-refractivity contribution in [2.24, 2.45) is 11.5 Å². The van der Waals surface area contributed by atoms with Crippen molar-refractivity contribution >= 4 is 30.2 Å². The molecule has 0 bridgehead atoms. The predicted octanol–water partition coefficient (Wildman–Crippen LogP) is 2.52. The van der Waals surface area contributed by atoms with Gasteiger partial charge in [-0.25, -0.2) is 9.59 Å². The molecule has 11 nitrogen and oxygen atoms in total. The zero-order valence-electron chi connectivity index (χ0n) is 25.6. The van der Waals surface area contributed by atoms with Crippen LogP contribution in [0.1, 0.15) is 64.0 Å². The molecule has 12 heteroatoms. The maximum atomic E-state index is 13.0. The van der Waals surface area contributed by atoms with E-state index >= 15 is 0 Å². The van der Waals surface area contributed by atoms with Crippen molar-refractivity contribution in [3.05, 3.63) is 52.1 Å². The van der Waals surface area contributed by atoms with Gasteiger partial charge in [0, 0.05) is 50.5 Å². The second-order valence-corrected chi connectivity index (χ2v) is 12.6. The van der Waals surface area contributed by atoms with Gasteiger partial charge in [0.15, 0.2) is 0 Å². The minimum absolute atomic E-state index is 0. The largest absolute Gasteiger partial charge is 0.354 e. The van der Waals surface area contributed by atoms with Gasteiger partial charge >= 0.3 is 11.7 Å². The number of likely N-dealkylation sites (N-methyl/N-ethyl adjacent to an activating group) is 1. The number of nitrogens with one attached hydrogen (secondary N) is 1. The SMILES string of the molecule is CCN(C1CCC(N)CC1)C1CCc2cc(-n3ccc(NC(=O)N4CCN(C(=O)C(C)(C)N)CC4)nc3=O)ccc2C1.Cl. The molecule has 1 aliphatic heterocycles. The summed E-state index contributed by atoms with van der Waals surface area (Å²) in [6.07, 6.45) is 9.38. The lowest BCUT2D eigenvalue weighted by atomic mass is 9.84. The van der Waals surface area contributed by atoms with Crippen molar-refractivity contribution in [3.8, 4) is 5.69 Å². The second-order valence-electron chi connectivity index (χ2n) is 12.6. The van der Waals surface area contributed by atoms with Gasteiger partial charge in [0.2, 0.25) is 5.91 Å². The van der Waals surface area contributed by atoms with Crippen LogP contribution >= 0.6 is 12.4 Å². The number of aryl methyl sites for hydroxylation is 1. The van der Waals surface area contributed by atoms with E-state index in [1.54, 1.807) is 35.9 Å². The van der Waals surface area contributed by atoms with Gasteiger partial charge in [-0.3, -0.25) is 19.6 Å². The fourth-order valence-corrected chi connectivity index (χ4v) is 6.78. The van der Waals surface area contributed by atoms with E-state index in [1.807, 2.05) is 6.07 Å². The Morgan fingerprint density at radius 3 is 2.30 bits per heavy atom. The Bertz CT molecular complexity index is 1340. The number of carbonyl (C=O) groups is 2. The molecule has 2 fully saturated rings. The van der Waals surface area contributed by atoms with E-state index in [0.29, 0.717) is 44.3 Å². The second kappa shape index (κ2) is 13.8. The number of carbonyl (C=O) groups excluding carboxylic acids is 2. The maximum Gasteiger partial charge on any atom is 0.354 e. The molecule has 236 valence electrons. The zero-order chi connectivity index (χ0) is 30.0. The van der Waals surface area contributed by atoms with Gasteiger partial charge in [-0.05, 0) is 94.7 Å². The van der Waals surface area contributed by atoms with Crippen LogP contribution in [0.4, 0.5) is 10.6 Å². The van der Waals surface area contributed by atoms with Crippen LogP contribution in [0.25, 0.3) is 5.69 Å². The topological polar surface area (TPSA) is 143 Å². The number of urea groups is 1. The number of nitrogens with zero attached hydrogens (tertiary/aromatic N) is 5. The van der Waals surface area contributed by atoms with Crippen LogP contribution in [0.3, 0.4) is 0 Å². The number of aromatic nitrogens is 2. The molecule has 43 heavy (non-hydrogen) atoms. The third-order valence-electron chi connectivity index (χ3n) is 9.16. The van der Waals surface area contributed by atoms with Crippen molar-refractivity contribution < 1.29 is 9.59 Å². The van der Waals surface area contributed by atoms with Gasteiger partial charge in [0.05, 0.1) is 11.2 Å². The first-order valence-corrected chi connectivity index (χ1v) is 15.4. The lowest BCUT2D eigenvalue weighted by Crippen LogP contribution is -2.58. The first-order chi connectivity index (χ1) is 20.0. The van der Waals surface area contributed by atoms with E-state index < -0.39 is 11.2 Å². The molecule has 2 heterocycles. The van der Waals surface area contributed by atoms with Crippen molar-refractivity contribution in [3.63, 3.8) is 0 Å². The molecule has 1 aromatic heterocycles. The van der Waals surface area contributed by atoms with Gasteiger partial charge in [0.25, 0.3) is 0 Å². The molecule has 1 unspecified atom stereocenters. The standard InChI is InChI=1S/C31H46N8O3.ClH/c1-4-38(24-11-7-23(32)8-12-24)25-9-5-22-20-26(10-6-21(22)19-25)39-14-13-27(35-30(39)42)34-29(41)37-17-15-36(16-18-37)28(40)31(2,3)33;/h6,10,13-14,20,23-25H,4-5,7-9,11-12,15-19,32-33H2,1-3H3,(H,34,35,41,42);1H. The quantitative estimate of drug-likeness (QED) is 0.454. The van der Waals surface area contributed by atoms with Crippen LogP contribution in [0.2, 0.25) is 0 Å². The van der Waals surface area contributed by atoms with Gasteiger partial charge in [0.1, 0.15) is 5.82 Å². The number of nitrogens with two attached hydrogens (primary N) is 2. The van der Waals surface area contributed by atoms with Crippen LogP contribution < -0.4 is 22.5 Å². The molecule has 2 aliphatic carbocycles. The molecule has 0 spiro atoms. The van der Waals surface area contributed by atoms with Crippen LogP contribution in [0, 0.1) is 0 Å². The van der Waals surface area contributed by atoms with Crippen molar-refractivity contribution in [2.45, 2.75) is 89.4 Å². The number of rotatable bonds is 6. The molecule has 0 radical (unpaired) electrons. The van der Waals surface area contributed by atoms with Crippen molar-refractivity contribution in [1.29, 1.82) is 0 Å². The van der Waals surface area contributed by atoms with E-state index in [2.05, 4.69) is 34.3 Å². The number of piperazine rings is 1. The van der Waals surface area contributed by atoms with Crippen LogP contribution in [0.5, 0.6) is 0 Å². The molecule has 1 aromatic carbocycles. The third kappa shape index (κ3) is 7.57. The number of hydrogen-bond acceptors (Lipinski definition) is 7. The first kappa shape index (κ1) is 32.9. The fourth-order valence-electron chi connectivity index (χ4n) is 6.78. The van der Waals surface area contributed by atoms with Gasteiger partial charge < -0.3 is 21.3 Å². The van der Waals surface area contributed by atoms with Crippen molar-refractivity contribution in [2.75, 3.05) is 38.0 Å². The summed E-state index contributed by atoms with van der Waals surface area (Å²) in [5.74, 6) is 0.0646. The molecular formula is C31H47ClN8O3. The van der Waals surface area contributed by atoms with E-state index in [-0.39, 0.29) is 30.2 Å². The maximum absolute atomic E-state index is 13.0. The number of amides is 3. The average Bonchev–Trinajstić information content (AvgIpc) is 2.97. The highest BCUT2D eigenvalue weighted by Gasteiger charge is 2.32. The highest BCUT2D eigenvalue weighted by atomic mass is 35.5. The third-order valence-corrected chi connectivity index (χ3v) is 9.16. The number of anilines is 1. The van der Waals surface area contributed by atoms with Crippen LogP contribution in [-0.4, -0.2) is 92.6 Å². The Morgan fingerprint density at radius 1 is 1.00 bits per heavy atom. The Hall–Kier alpha value is -2.99. The Labute approximate surface area is 260 Å². The first-order valence-electron chi connectivity index (χ1n) is 15.4. The molecule has 1 atom stereocenters. The molecule has 5 N–H and O–H groups in total. The lowest BCUT2D eigenvalue weighted by Gasteiger charge is -2.42. The smallest absolute Gasteiger partial charge is 0.338 e.